The third-order valence-corrected chi connectivity index (χ3v) is 7.33. The zero-order valence-corrected chi connectivity index (χ0v) is 21.2. The number of nitrogens with zero attached hydrogens (tertiary/aromatic N) is 3. The van der Waals surface area contributed by atoms with Gasteiger partial charge in [-0.3, -0.25) is 9.78 Å². The molecule has 4 aromatic rings. The second-order valence-corrected chi connectivity index (χ2v) is 10.6. The lowest BCUT2D eigenvalue weighted by molar-refractivity contribution is -0.139. The van der Waals surface area contributed by atoms with E-state index < -0.39 is 23.1 Å². The first-order valence-corrected chi connectivity index (χ1v) is 12.2. The fourth-order valence-electron chi connectivity index (χ4n) is 4.79. The molecule has 0 aliphatic heterocycles. The zero-order chi connectivity index (χ0) is 24.9. The number of halogens is 2. The second kappa shape index (κ2) is 8.75. The number of imidazole rings is 1. The molecule has 1 saturated carbocycles. The van der Waals surface area contributed by atoms with Crippen molar-refractivity contribution in [2.75, 3.05) is 0 Å². The number of pyridine rings is 1. The highest BCUT2D eigenvalue weighted by molar-refractivity contribution is 9.10. The van der Waals surface area contributed by atoms with Gasteiger partial charge in [0, 0.05) is 29.2 Å². The van der Waals surface area contributed by atoms with Gasteiger partial charge in [-0.2, -0.15) is 0 Å². The Morgan fingerprint density at radius 1 is 1.20 bits per heavy atom. The number of carboxylic acids is 1. The van der Waals surface area contributed by atoms with Gasteiger partial charge in [-0.1, -0.05) is 41.9 Å². The summed E-state index contributed by atoms with van der Waals surface area (Å²) in [6.45, 7) is 6.27. The molecule has 0 spiro atoms. The van der Waals surface area contributed by atoms with E-state index >= 15 is 0 Å². The Balaban J connectivity index is 1.52. The molecule has 0 radical (unpaired) electrons. The van der Waals surface area contributed by atoms with Gasteiger partial charge in [0.2, 0.25) is 0 Å². The van der Waals surface area contributed by atoms with Gasteiger partial charge in [0.15, 0.2) is 0 Å². The maximum absolute atomic E-state index is 14.2. The molecule has 35 heavy (non-hydrogen) atoms. The van der Waals surface area contributed by atoms with E-state index in [4.69, 9.17) is 9.72 Å². The van der Waals surface area contributed by atoms with E-state index in [1.54, 1.807) is 19.2 Å². The summed E-state index contributed by atoms with van der Waals surface area (Å²) in [5, 5.41) is 9.77. The molecule has 2 heterocycles. The molecule has 1 aliphatic rings. The summed E-state index contributed by atoms with van der Waals surface area (Å²) in [7, 11) is 0. The van der Waals surface area contributed by atoms with E-state index in [-0.39, 0.29) is 18.2 Å². The zero-order valence-electron chi connectivity index (χ0n) is 19.6. The topological polar surface area (TPSA) is 77.2 Å². The highest BCUT2D eigenvalue weighted by Crippen LogP contribution is 2.64. The summed E-state index contributed by atoms with van der Waals surface area (Å²) >= 11 is 3.47. The average molecular weight is 538 g/mol. The maximum atomic E-state index is 14.2. The number of hydrogen-bond acceptors (Lipinski definition) is 4. The van der Waals surface area contributed by atoms with Crippen molar-refractivity contribution in [3.63, 3.8) is 0 Å². The first-order chi connectivity index (χ1) is 16.6. The van der Waals surface area contributed by atoms with Crippen LogP contribution < -0.4 is 4.74 Å². The number of aliphatic carboxylic acids is 1. The van der Waals surface area contributed by atoms with Crippen molar-refractivity contribution in [3.8, 4) is 5.75 Å². The van der Waals surface area contributed by atoms with E-state index in [2.05, 4.69) is 25.5 Å². The first-order valence-electron chi connectivity index (χ1n) is 11.4. The first kappa shape index (κ1) is 23.5. The third-order valence-electron chi connectivity index (χ3n) is 6.80. The monoisotopic (exact) mass is 537 g/mol. The van der Waals surface area contributed by atoms with Crippen LogP contribution in [0.3, 0.4) is 0 Å². The molecule has 0 amide bonds. The second-order valence-electron chi connectivity index (χ2n) is 9.68. The fraction of sp³-hybridized carbons (Fsp3) is 0.296. The lowest BCUT2D eigenvalue weighted by Gasteiger charge is -2.12. The number of aromatic nitrogens is 3. The number of rotatable bonds is 7. The van der Waals surface area contributed by atoms with Crippen molar-refractivity contribution in [1.29, 1.82) is 0 Å². The molecule has 1 N–H and O–H groups in total. The summed E-state index contributed by atoms with van der Waals surface area (Å²) in [5.74, 6) is -0.577. The molecule has 2 atom stereocenters. The maximum Gasteiger partial charge on any atom is 0.307 e. The Labute approximate surface area is 210 Å². The molecule has 2 aromatic heterocycles. The minimum absolute atomic E-state index is 0.00205. The van der Waals surface area contributed by atoms with Crippen molar-refractivity contribution in [2.24, 2.45) is 11.3 Å². The van der Waals surface area contributed by atoms with Crippen molar-refractivity contribution in [1.82, 2.24) is 14.5 Å². The van der Waals surface area contributed by atoms with Crippen LogP contribution in [-0.4, -0.2) is 25.6 Å². The van der Waals surface area contributed by atoms with Crippen LogP contribution in [-0.2, 0) is 17.9 Å². The van der Waals surface area contributed by atoms with Crippen LogP contribution in [0.5, 0.6) is 5.75 Å². The molecule has 6 nitrogen and oxygen atoms in total. The normalized spacial score (nSPS) is 18.5. The molecule has 0 bridgehead atoms. The van der Waals surface area contributed by atoms with Gasteiger partial charge in [-0.25, -0.2) is 9.37 Å². The highest BCUT2D eigenvalue weighted by atomic mass is 79.9. The Morgan fingerprint density at radius 3 is 2.60 bits per heavy atom. The lowest BCUT2D eigenvalue weighted by atomic mass is 10.1. The summed E-state index contributed by atoms with van der Waals surface area (Å²) in [6.07, 6.45) is 1.61. The van der Waals surface area contributed by atoms with Crippen LogP contribution in [0.1, 0.15) is 42.4 Å². The SMILES string of the molecule is Cc1cnc(COc2ccc3nc(C4C(C(=O)O)C4(C)C)n(Cc4ccc(Br)cc4)c3c2)c(F)c1. The summed E-state index contributed by atoms with van der Waals surface area (Å²) < 4.78 is 23.2. The van der Waals surface area contributed by atoms with E-state index in [1.165, 1.54) is 6.07 Å². The van der Waals surface area contributed by atoms with Crippen molar-refractivity contribution >= 4 is 32.9 Å². The molecule has 5 rings (SSSR count). The standard InChI is InChI=1S/C27H25BrFN3O3/c1-15-10-19(29)21(30-12-15)14-35-18-8-9-20-22(11-18)32(13-16-4-6-17(28)7-5-16)25(31-20)23-24(26(33)34)27(23,2)3/h4-12,23-24H,13-14H2,1-3H3,(H,33,34). The number of aryl methyl sites for hydroxylation is 1. The Bertz CT molecular complexity index is 1430. The van der Waals surface area contributed by atoms with Gasteiger partial charge in [0.25, 0.3) is 0 Å². The minimum atomic E-state index is -0.807. The van der Waals surface area contributed by atoms with Gasteiger partial charge >= 0.3 is 5.97 Å². The lowest BCUT2D eigenvalue weighted by Crippen LogP contribution is -2.07. The molecule has 2 unspecified atom stereocenters. The van der Waals surface area contributed by atoms with Crippen molar-refractivity contribution < 1.29 is 19.0 Å². The van der Waals surface area contributed by atoms with Crippen LogP contribution >= 0.6 is 15.9 Å². The molecule has 180 valence electrons. The quantitative estimate of drug-likeness (QED) is 0.308. The molecular formula is C27H25BrFN3O3. The fourth-order valence-corrected chi connectivity index (χ4v) is 5.05. The molecule has 2 aromatic carbocycles. The number of ether oxygens (including phenoxy) is 1. The summed E-state index contributed by atoms with van der Waals surface area (Å²) in [5.41, 5.74) is 3.26. The van der Waals surface area contributed by atoms with E-state index in [0.29, 0.717) is 12.3 Å². The predicted molar refractivity (Wildman–Crippen MR) is 134 cm³/mol. The molecule has 8 heteroatoms. The smallest absolute Gasteiger partial charge is 0.307 e. The van der Waals surface area contributed by atoms with Gasteiger partial charge in [0.1, 0.15) is 29.7 Å². The van der Waals surface area contributed by atoms with Gasteiger partial charge in [0.05, 0.1) is 17.0 Å². The van der Waals surface area contributed by atoms with E-state index in [1.807, 2.05) is 50.2 Å². The van der Waals surface area contributed by atoms with Crippen LogP contribution in [0.4, 0.5) is 4.39 Å². The molecule has 1 aliphatic carbocycles. The Hall–Kier alpha value is -3.26. The highest BCUT2D eigenvalue weighted by Gasteiger charge is 2.64. The van der Waals surface area contributed by atoms with Crippen LogP contribution in [0, 0.1) is 24.1 Å². The van der Waals surface area contributed by atoms with Gasteiger partial charge in [-0.05, 0) is 53.8 Å². The van der Waals surface area contributed by atoms with Crippen molar-refractivity contribution in [3.05, 3.63) is 87.7 Å². The number of carboxylic acid groups (broad SMARTS) is 1. The van der Waals surface area contributed by atoms with Crippen molar-refractivity contribution in [2.45, 2.75) is 39.8 Å². The molecular weight excluding hydrogens is 513 g/mol. The number of benzene rings is 2. The summed E-state index contributed by atoms with van der Waals surface area (Å²) in [4.78, 5) is 20.9. The van der Waals surface area contributed by atoms with Crippen LogP contribution in [0.2, 0.25) is 0 Å². The third kappa shape index (κ3) is 4.43. The number of fused-ring (bicyclic) bond motifs is 1. The minimum Gasteiger partial charge on any atom is -0.487 e. The number of carbonyl (C=O) groups is 1. The van der Waals surface area contributed by atoms with E-state index in [9.17, 15) is 14.3 Å². The summed E-state index contributed by atoms with van der Waals surface area (Å²) in [6, 6.07) is 15.0. The van der Waals surface area contributed by atoms with Gasteiger partial charge < -0.3 is 14.4 Å². The van der Waals surface area contributed by atoms with E-state index in [0.717, 1.165) is 32.5 Å². The largest absolute Gasteiger partial charge is 0.487 e. The van der Waals surface area contributed by atoms with Gasteiger partial charge in [-0.15, -0.1) is 0 Å². The number of hydrogen-bond donors (Lipinski definition) is 1. The average Bonchev–Trinajstić information content (AvgIpc) is 3.22. The van der Waals surface area contributed by atoms with Crippen LogP contribution in [0.15, 0.2) is 59.2 Å². The Kier molecular flexibility index (Phi) is 5.87. The molecule has 0 saturated heterocycles. The predicted octanol–water partition coefficient (Wildman–Crippen LogP) is 6.09. The van der Waals surface area contributed by atoms with Crippen LogP contribution in [0.25, 0.3) is 11.0 Å². The Morgan fingerprint density at radius 2 is 1.94 bits per heavy atom. The molecule has 1 fully saturated rings.